The van der Waals surface area contributed by atoms with Crippen molar-refractivity contribution in [2.75, 3.05) is 12.1 Å². The summed E-state index contributed by atoms with van der Waals surface area (Å²) in [6.07, 6.45) is -0.265. The molecule has 1 unspecified atom stereocenters. The third-order valence-corrected chi connectivity index (χ3v) is 13.9. The number of hydrogen-bond donors (Lipinski definition) is 3. The highest BCUT2D eigenvalue weighted by molar-refractivity contribution is 8.18. The number of primary amides is 1. The van der Waals surface area contributed by atoms with Gasteiger partial charge in [0, 0.05) is 29.8 Å². The Labute approximate surface area is 338 Å². The maximum absolute atomic E-state index is 14.3. The molecule has 0 saturated carbocycles. The molecule has 4 N–H and O–H groups in total. The van der Waals surface area contributed by atoms with Crippen LogP contribution in [0.5, 0.6) is 0 Å². The van der Waals surface area contributed by atoms with Gasteiger partial charge < -0.3 is 21.1 Å². The molecular formula is C47H42N3O5PS. The van der Waals surface area contributed by atoms with Crippen LogP contribution in [0.15, 0.2) is 164 Å². The first-order valence-corrected chi connectivity index (χ1v) is 21.2. The highest BCUT2D eigenvalue weighted by Gasteiger charge is 2.32. The quantitative estimate of drug-likeness (QED) is 0.0937. The van der Waals surface area contributed by atoms with Crippen LogP contribution in [-0.2, 0) is 27.2 Å². The summed E-state index contributed by atoms with van der Waals surface area (Å²) >= 11 is 1.17. The summed E-state index contributed by atoms with van der Waals surface area (Å²) in [6.45, 7) is 0.0982. The van der Waals surface area contributed by atoms with Crippen LogP contribution in [0.25, 0.3) is 11.1 Å². The first kappa shape index (κ1) is 39.2. The van der Waals surface area contributed by atoms with Gasteiger partial charge in [-0.2, -0.15) is 0 Å². The van der Waals surface area contributed by atoms with Crippen molar-refractivity contribution in [3.05, 3.63) is 192 Å². The number of carbonyl (C=O) groups excluding carboxylic acids is 4. The highest BCUT2D eigenvalue weighted by atomic mass is 32.2. The minimum Gasteiger partial charge on any atom is -0.449 e. The molecule has 3 amide bonds. The molecule has 1 aliphatic carbocycles. The number of hydrogen-bond acceptors (Lipinski definition) is 6. The minimum absolute atomic E-state index is 0.0982. The lowest BCUT2D eigenvalue weighted by molar-refractivity contribution is -0.126. The molecular weight excluding hydrogens is 750 g/mol. The molecule has 0 radical (unpaired) electrons. The predicted octanol–water partition coefficient (Wildman–Crippen LogP) is 7.31. The maximum Gasteiger partial charge on any atom is 0.407 e. The number of fused-ring (bicyclic) bond motifs is 3. The molecule has 8 nitrogen and oxygen atoms in total. The van der Waals surface area contributed by atoms with Crippen LogP contribution in [0.3, 0.4) is 0 Å². The molecule has 0 heterocycles. The standard InChI is InChI=1S/C47H42N3O5PS/c48-44(51)34-24-26-36(27-25-34)56(35-18-8-3-9-19-35)31-57-46(53)43(29-33-16-6-2-7-17-33)49-45(52)42(28-32-14-4-1-5-15-32)50-47(54)55-30-41-39-22-12-10-20-37(39)38-21-11-13-23-40(38)41/h1-27,41-43H,28-31H2,(H2,48,51)(H,49,52)(H,50,54)/t42-,43-,56?/m0/s1. The molecule has 0 aromatic heterocycles. The zero-order valence-corrected chi connectivity index (χ0v) is 32.8. The van der Waals surface area contributed by atoms with Gasteiger partial charge in [-0.15, -0.1) is 0 Å². The van der Waals surface area contributed by atoms with E-state index in [4.69, 9.17) is 10.5 Å². The summed E-state index contributed by atoms with van der Waals surface area (Å²) in [4.78, 5) is 53.8. The summed E-state index contributed by atoms with van der Waals surface area (Å²) in [5, 5.41) is 7.69. The normalized spacial score (nSPS) is 13.3. The van der Waals surface area contributed by atoms with E-state index < -0.39 is 37.9 Å². The van der Waals surface area contributed by atoms with Gasteiger partial charge in [0.2, 0.25) is 16.9 Å². The SMILES string of the molecule is NC(=O)c1ccc(P(CSC(=O)[C@H](Cc2ccccc2)NC(=O)[C@H](Cc2ccccc2)NC(=O)OCC2c3ccccc3-c3ccccc32)c2ccccc2)cc1. The second-order valence-electron chi connectivity index (χ2n) is 13.7. The van der Waals surface area contributed by atoms with Gasteiger partial charge >= 0.3 is 6.09 Å². The van der Waals surface area contributed by atoms with Crippen molar-refractivity contribution in [3.8, 4) is 11.1 Å². The van der Waals surface area contributed by atoms with E-state index in [1.807, 2.05) is 127 Å². The Morgan fingerprint density at radius 3 is 1.65 bits per heavy atom. The van der Waals surface area contributed by atoms with Crippen LogP contribution < -0.4 is 27.0 Å². The molecule has 0 saturated heterocycles. The number of nitrogens with two attached hydrogens (primary N) is 1. The van der Waals surface area contributed by atoms with Gasteiger partial charge in [0.15, 0.2) is 0 Å². The number of amides is 3. The summed E-state index contributed by atoms with van der Waals surface area (Å²) in [6, 6.07) is 50.4. The summed E-state index contributed by atoms with van der Waals surface area (Å²) in [7, 11) is -1.01. The fourth-order valence-electron chi connectivity index (χ4n) is 7.10. The van der Waals surface area contributed by atoms with E-state index in [0.717, 1.165) is 44.0 Å². The van der Waals surface area contributed by atoms with Crippen LogP contribution in [0.4, 0.5) is 4.79 Å². The van der Waals surface area contributed by atoms with Crippen molar-refractivity contribution in [1.82, 2.24) is 10.6 Å². The monoisotopic (exact) mass is 791 g/mol. The molecule has 7 rings (SSSR count). The zero-order chi connectivity index (χ0) is 39.6. The van der Waals surface area contributed by atoms with Crippen LogP contribution >= 0.6 is 19.7 Å². The second-order valence-corrected chi connectivity index (χ2v) is 17.3. The number of alkyl carbamates (subject to hydrolysis) is 1. The first-order valence-electron chi connectivity index (χ1n) is 18.7. The topological polar surface area (TPSA) is 128 Å². The Bertz CT molecular complexity index is 2280. The van der Waals surface area contributed by atoms with E-state index in [1.165, 1.54) is 11.8 Å². The molecule has 0 aliphatic heterocycles. The summed E-state index contributed by atoms with van der Waals surface area (Å²) in [5.74, 6) is -1.14. The number of rotatable bonds is 15. The van der Waals surface area contributed by atoms with E-state index >= 15 is 0 Å². The zero-order valence-electron chi connectivity index (χ0n) is 31.1. The second kappa shape index (κ2) is 18.7. The van der Waals surface area contributed by atoms with E-state index in [0.29, 0.717) is 11.1 Å². The van der Waals surface area contributed by atoms with Gasteiger partial charge in [-0.05, 0) is 64.0 Å². The summed E-state index contributed by atoms with van der Waals surface area (Å²) < 4.78 is 5.85. The average Bonchev–Trinajstić information content (AvgIpc) is 3.57. The average molecular weight is 792 g/mol. The molecule has 286 valence electrons. The van der Waals surface area contributed by atoms with Crippen molar-refractivity contribution in [1.29, 1.82) is 0 Å². The minimum atomic E-state index is -1.02. The Balaban J connectivity index is 1.08. The predicted molar refractivity (Wildman–Crippen MR) is 229 cm³/mol. The fourth-order valence-corrected chi connectivity index (χ4v) is 11.0. The molecule has 10 heteroatoms. The highest BCUT2D eigenvalue weighted by Crippen LogP contribution is 2.44. The number of benzene rings is 6. The largest absolute Gasteiger partial charge is 0.449 e. The molecule has 1 aliphatic rings. The first-order chi connectivity index (χ1) is 27.8. The molecule has 57 heavy (non-hydrogen) atoms. The third-order valence-electron chi connectivity index (χ3n) is 9.99. The van der Waals surface area contributed by atoms with Gasteiger partial charge in [-0.1, -0.05) is 163 Å². The van der Waals surface area contributed by atoms with Crippen LogP contribution in [0.2, 0.25) is 0 Å². The van der Waals surface area contributed by atoms with Crippen molar-refractivity contribution in [2.24, 2.45) is 5.73 Å². The van der Waals surface area contributed by atoms with Crippen LogP contribution in [0.1, 0.15) is 38.5 Å². The molecule has 6 aromatic carbocycles. The lowest BCUT2D eigenvalue weighted by Gasteiger charge is -2.24. The lowest BCUT2D eigenvalue weighted by atomic mass is 9.98. The molecule has 6 aromatic rings. The number of thioether (sulfide) groups is 1. The van der Waals surface area contributed by atoms with Gasteiger partial charge in [0.05, 0.1) is 0 Å². The van der Waals surface area contributed by atoms with E-state index in [2.05, 4.69) is 34.9 Å². The van der Waals surface area contributed by atoms with Crippen molar-refractivity contribution >= 4 is 53.3 Å². The maximum atomic E-state index is 14.3. The van der Waals surface area contributed by atoms with Crippen molar-refractivity contribution in [3.63, 3.8) is 0 Å². The van der Waals surface area contributed by atoms with Gasteiger partial charge in [0.1, 0.15) is 18.7 Å². The smallest absolute Gasteiger partial charge is 0.407 e. The van der Waals surface area contributed by atoms with E-state index in [1.54, 1.807) is 12.1 Å². The van der Waals surface area contributed by atoms with Crippen molar-refractivity contribution in [2.45, 2.75) is 30.8 Å². The van der Waals surface area contributed by atoms with Gasteiger partial charge in [-0.25, -0.2) is 4.79 Å². The Hall–Kier alpha value is -6.02. The van der Waals surface area contributed by atoms with E-state index in [9.17, 15) is 19.2 Å². The molecule has 0 fully saturated rings. The molecule has 0 spiro atoms. The van der Waals surface area contributed by atoms with E-state index in [-0.39, 0.29) is 30.5 Å². The van der Waals surface area contributed by atoms with Gasteiger partial charge in [0.25, 0.3) is 0 Å². The Kier molecular flexibility index (Phi) is 12.9. The summed E-state index contributed by atoms with van der Waals surface area (Å²) in [5.41, 5.74) is 12.5. The number of carbonyl (C=O) groups is 4. The van der Waals surface area contributed by atoms with Crippen LogP contribution in [0, 0.1) is 0 Å². The van der Waals surface area contributed by atoms with Crippen molar-refractivity contribution < 1.29 is 23.9 Å². The van der Waals surface area contributed by atoms with Gasteiger partial charge in [-0.3, -0.25) is 14.4 Å². The Morgan fingerprint density at radius 1 is 0.596 bits per heavy atom. The number of ether oxygens (including phenoxy) is 1. The lowest BCUT2D eigenvalue weighted by Crippen LogP contribution is -2.53. The third kappa shape index (κ3) is 9.87. The van der Waals surface area contributed by atoms with Crippen LogP contribution in [-0.4, -0.2) is 47.2 Å². The molecule has 0 bridgehead atoms. The molecule has 3 atom stereocenters. The Morgan fingerprint density at radius 2 is 1.09 bits per heavy atom. The number of nitrogens with one attached hydrogen (secondary N) is 2. The fraction of sp³-hybridized carbons (Fsp3) is 0.149.